The Labute approximate surface area is 178 Å². The fourth-order valence-corrected chi connectivity index (χ4v) is 4.47. The summed E-state index contributed by atoms with van der Waals surface area (Å²) in [7, 11) is 1.90. The molecule has 148 valence electrons. The molecule has 1 saturated carbocycles. The van der Waals surface area contributed by atoms with Crippen LogP contribution in [0.3, 0.4) is 0 Å². The number of nitrogens with two attached hydrogens (primary N) is 1. The van der Waals surface area contributed by atoms with Crippen LogP contribution in [0.25, 0.3) is 33.4 Å². The summed E-state index contributed by atoms with van der Waals surface area (Å²) in [6.45, 7) is 0. The van der Waals surface area contributed by atoms with Gasteiger partial charge in [-0.1, -0.05) is 18.6 Å². The summed E-state index contributed by atoms with van der Waals surface area (Å²) >= 11 is 1.13. The van der Waals surface area contributed by atoms with Gasteiger partial charge in [0.25, 0.3) is 5.91 Å². The lowest BCUT2D eigenvalue weighted by molar-refractivity contribution is 0.100. The van der Waals surface area contributed by atoms with Crippen molar-refractivity contribution >= 4 is 40.7 Å². The highest BCUT2D eigenvalue weighted by Crippen LogP contribution is 2.39. The van der Waals surface area contributed by atoms with Crippen LogP contribution in [0.5, 0.6) is 0 Å². The first-order chi connectivity index (χ1) is 13.6. The van der Waals surface area contributed by atoms with Gasteiger partial charge >= 0.3 is 0 Å². The maximum Gasteiger partial charge on any atom is 0.261 e. The van der Waals surface area contributed by atoms with Crippen molar-refractivity contribution < 1.29 is 4.79 Å². The van der Waals surface area contributed by atoms with Gasteiger partial charge in [0.1, 0.15) is 4.88 Å². The first-order valence-corrected chi connectivity index (χ1v) is 10.1. The number of halogens is 1. The number of amides is 1. The SMILES string of the molecule is Cl.Cn1cc2cc(-c3nsc(C(N)=O)c3-c3cccc(C4CCC4)n3)ccc2n1. The maximum atomic E-state index is 12.1. The van der Waals surface area contributed by atoms with Crippen LogP contribution in [0.4, 0.5) is 0 Å². The smallest absolute Gasteiger partial charge is 0.261 e. The van der Waals surface area contributed by atoms with Crippen LogP contribution in [0.1, 0.15) is 40.5 Å². The Balaban J connectivity index is 0.00000205. The first kappa shape index (κ1) is 19.5. The number of hydrogen-bond donors (Lipinski definition) is 1. The Morgan fingerprint density at radius 3 is 2.79 bits per heavy atom. The van der Waals surface area contributed by atoms with Gasteiger partial charge in [0.15, 0.2) is 0 Å². The zero-order valence-corrected chi connectivity index (χ0v) is 17.5. The van der Waals surface area contributed by atoms with Crippen LogP contribution >= 0.6 is 23.9 Å². The summed E-state index contributed by atoms with van der Waals surface area (Å²) in [6, 6.07) is 12.0. The van der Waals surface area contributed by atoms with Gasteiger partial charge in [-0.15, -0.1) is 12.4 Å². The first-order valence-electron chi connectivity index (χ1n) is 9.31. The quantitative estimate of drug-likeness (QED) is 0.519. The number of hydrogen-bond acceptors (Lipinski definition) is 5. The molecule has 3 heterocycles. The predicted molar refractivity (Wildman–Crippen MR) is 117 cm³/mol. The third-order valence-electron chi connectivity index (χ3n) is 5.36. The largest absolute Gasteiger partial charge is 0.365 e. The number of fused-ring (bicyclic) bond motifs is 1. The van der Waals surface area contributed by atoms with E-state index in [2.05, 4.69) is 15.5 Å². The average molecular weight is 426 g/mol. The molecule has 8 heteroatoms. The second-order valence-electron chi connectivity index (χ2n) is 7.25. The Morgan fingerprint density at radius 2 is 2.07 bits per heavy atom. The summed E-state index contributed by atoms with van der Waals surface area (Å²) in [5, 5.41) is 5.45. The summed E-state index contributed by atoms with van der Waals surface area (Å²) in [6.07, 6.45) is 5.56. The molecule has 0 radical (unpaired) electrons. The van der Waals surface area contributed by atoms with Crippen LogP contribution in [-0.2, 0) is 7.05 Å². The van der Waals surface area contributed by atoms with Gasteiger partial charge in [-0.2, -0.15) is 9.47 Å². The van der Waals surface area contributed by atoms with Crippen LogP contribution in [0.15, 0.2) is 42.6 Å². The zero-order valence-electron chi connectivity index (χ0n) is 15.8. The van der Waals surface area contributed by atoms with Crippen LogP contribution in [0, 0.1) is 0 Å². The molecule has 1 amide bonds. The minimum Gasteiger partial charge on any atom is -0.365 e. The molecule has 4 aromatic rings. The van der Waals surface area contributed by atoms with E-state index >= 15 is 0 Å². The molecule has 0 aliphatic heterocycles. The lowest BCUT2D eigenvalue weighted by Gasteiger charge is -2.25. The zero-order chi connectivity index (χ0) is 19.3. The molecule has 0 unspecified atom stereocenters. The highest BCUT2D eigenvalue weighted by atomic mass is 35.5. The Bertz CT molecular complexity index is 1210. The number of carbonyl (C=O) groups is 1. The number of primary amides is 1. The van der Waals surface area contributed by atoms with Crippen molar-refractivity contribution in [3.05, 3.63) is 53.2 Å². The molecule has 5 rings (SSSR count). The fraction of sp³-hybridized carbons (Fsp3) is 0.238. The Kier molecular flexibility index (Phi) is 5.10. The molecular formula is C21H20ClN5OS. The summed E-state index contributed by atoms with van der Waals surface area (Å²) in [5.74, 6) is 0.0378. The number of rotatable bonds is 4. The van der Waals surface area contributed by atoms with Crippen molar-refractivity contribution in [1.29, 1.82) is 0 Å². The van der Waals surface area contributed by atoms with Crippen molar-refractivity contribution in [1.82, 2.24) is 19.1 Å². The van der Waals surface area contributed by atoms with Crippen LogP contribution in [-0.4, -0.2) is 25.0 Å². The second kappa shape index (κ2) is 7.57. The number of aromatic nitrogens is 4. The van der Waals surface area contributed by atoms with E-state index in [0.717, 1.165) is 50.6 Å². The van der Waals surface area contributed by atoms with Crippen molar-refractivity contribution in [2.24, 2.45) is 12.8 Å². The molecule has 6 nitrogen and oxygen atoms in total. The molecule has 0 saturated heterocycles. The summed E-state index contributed by atoms with van der Waals surface area (Å²) in [4.78, 5) is 17.4. The monoisotopic (exact) mass is 425 g/mol. The predicted octanol–water partition coefficient (Wildman–Crippen LogP) is 4.55. The molecule has 1 aliphatic rings. The van der Waals surface area contributed by atoms with Crippen LogP contribution < -0.4 is 5.73 Å². The molecule has 1 aliphatic carbocycles. The van der Waals surface area contributed by atoms with E-state index in [-0.39, 0.29) is 12.4 Å². The minimum atomic E-state index is -0.475. The van der Waals surface area contributed by atoms with Gasteiger partial charge in [-0.05, 0) is 48.6 Å². The van der Waals surface area contributed by atoms with Crippen molar-refractivity contribution in [2.75, 3.05) is 0 Å². The third kappa shape index (κ3) is 3.41. The van der Waals surface area contributed by atoms with Gasteiger partial charge in [0.2, 0.25) is 0 Å². The van der Waals surface area contributed by atoms with E-state index in [1.165, 1.54) is 19.3 Å². The lowest BCUT2D eigenvalue weighted by Crippen LogP contribution is -2.12. The Hall–Kier alpha value is -2.77. The van der Waals surface area contributed by atoms with E-state index in [0.29, 0.717) is 10.8 Å². The molecule has 2 N–H and O–H groups in total. The number of pyridine rings is 1. The van der Waals surface area contributed by atoms with Crippen molar-refractivity contribution in [3.63, 3.8) is 0 Å². The van der Waals surface area contributed by atoms with E-state index in [9.17, 15) is 4.79 Å². The number of carbonyl (C=O) groups excluding carboxylic acids is 1. The van der Waals surface area contributed by atoms with Gasteiger partial charge in [-0.3, -0.25) is 14.5 Å². The maximum absolute atomic E-state index is 12.1. The number of aryl methyl sites for hydroxylation is 1. The molecule has 0 bridgehead atoms. The number of nitrogens with zero attached hydrogens (tertiary/aromatic N) is 4. The molecule has 3 aromatic heterocycles. The van der Waals surface area contributed by atoms with Gasteiger partial charge < -0.3 is 5.73 Å². The fourth-order valence-electron chi connectivity index (χ4n) is 3.71. The van der Waals surface area contributed by atoms with Crippen molar-refractivity contribution in [3.8, 4) is 22.5 Å². The van der Waals surface area contributed by atoms with Crippen molar-refractivity contribution in [2.45, 2.75) is 25.2 Å². The van der Waals surface area contributed by atoms with Gasteiger partial charge in [0, 0.05) is 35.8 Å². The summed E-state index contributed by atoms with van der Waals surface area (Å²) in [5.41, 5.74) is 10.8. The molecular weight excluding hydrogens is 406 g/mol. The van der Waals surface area contributed by atoms with Crippen LogP contribution in [0.2, 0.25) is 0 Å². The van der Waals surface area contributed by atoms with Gasteiger partial charge in [-0.25, -0.2) is 0 Å². The molecule has 0 atom stereocenters. The Morgan fingerprint density at radius 1 is 1.24 bits per heavy atom. The molecule has 1 fully saturated rings. The van der Waals surface area contributed by atoms with E-state index in [1.54, 1.807) is 4.68 Å². The highest BCUT2D eigenvalue weighted by Gasteiger charge is 2.25. The molecule has 0 spiro atoms. The van der Waals surface area contributed by atoms with Gasteiger partial charge in [0.05, 0.1) is 22.5 Å². The highest BCUT2D eigenvalue weighted by molar-refractivity contribution is 7.09. The third-order valence-corrected chi connectivity index (χ3v) is 6.22. The topological polar surface area (TPSA) is 86.7 Å². The average Bonchev–Trinajstić information content (AvgIpc) is 3.22. The normalized spacial score (nSPS) is 13.8. The molecule has 1 aromatic carbocycles. The molecule has 29 heavy (non-hydrogen) atoms. The van der Waals surface area contributed by atoms with E-state index in [1.807, 2.05) is 43.6 Å². The minimum absolute atomic E-state index is 0. The second-order valence-corrected chi connectivity index (χ2v) is 8.02. The number of benzene rings is 1. The lowest BCUT2D eigenvalue weighted by atomic mass is 9.82. The van der Waals surface area contributed by atoms with E-state index in [4.69, 9.17) is 10.7 Å². The standard InChI is InChI=1S/C21H19N5OS.ClH/c1-26-11-14-10-13(8-9-16(14)24-26)19-18(20(21(22)27)28-25-19)17-7-3-6-15(23-17)12-4-2-5-12;/h3,6-12H,2,4-5H2,1H3,(H2,22,27);1H. The van der Waals surface area contributed by atoms with E-state index < -0.39 is 5.91 Å². The summed E-state index contributed by atoms with van der Waals surface area (Å²) < 4.78 is 6.37.